The van der Waals surface area contributed by atoms with Crippen LogP contribution in [0.15, 0.2) is 16.9 Å². The Morgan fingerprint density at radius 2 is 1.46 bits per heavy atom. The van der Waals surface area contributed by atoms with Gasteiger partial charge in [-0.3, -0.25) is 4.79 Å². The van der Waals surface area contributed by atoms with E-state index in [1.807, 2.05) is 0 Å². The third kappa shape index (κ3) is 3.08. The standard InChI is InChI=1S/C14H7F5N2O5/c15-4-1-3(2-5(16)9(4)14(17,18)19)6-7(12(23)24)10(20)21-11(22)8(6)13(25)26/h1-2H,(H,23,24)(H,25,26)(H3,20,21,22). The molecule has 0 radical (unpaired) electrons. The molecule has 0 aliphatic rings. The van der Waals surface area contributed by atoms with E-state index in [1.54, 1.807) is 4.98 Å². The molecule has 1 aromatic heterocycles. The minimum absolute atomic E-state index is 0.0684. The number of nitrogen functional groups attached to an aromatic ring is 1. The van der Waals surface area contributed by atoms with Gasteiger partial charge in [0, 0.05) is 5.56 Å². The van der Waals surface area contributed by atoms with E-state index < -0.39 is 68.9 Å². The number of carboxylic acids is 2. The monoisotopic (exact) mass is 378 g/mol. The predicted molar refractivity (Wildman–Crippen MR) is 75.7 cm³/mol. The van der Waals surface area contributed by atoms with Crippen LogP contribution in [0, 0.1) is 11.6 Å². The van der Waals surface area contributed by atoms with E-state index in [4.69, 9.17) is 15.9 Å². The average molecular weight is 378 g/mol. The van der Waals surface area contributed by atoms with Crippen LogP contribution in [0.25, 0.3) is 11.1 Å². The number of rotatable bonds is 3. The number of carboxylic acid groups (broad SMARTS) is 2. The molecule has 0 fully saturated rings. The summed E-state index contributed by atoms with van der Waals surface area (Å²) < 4.78 is 65.5. The van der Waals surface area contributed by atoms with Crippen LogP contribution in [-0.4, -0.2) is 27.1 Å². The van der Waals surface area contributed by atoms with Crippen molar-refractivity contribution in [1.29, 1.82) is 0 Å². The van der Waals surface area contributed by atoms with Gasteiger partial charge in [-0.05, 0) is 17.7 Å². The number of pyridine rings is 1. The van der Waals surface area contributed by atoms with Crippen LogP contribution in [0.2, 0.25) is 0 Å². The molecule has 2 aromatic rings. The lowest BCUT2D eigenvalue weighted by Gasteiger charge is -2.15. The Morgan fingerprint density at radius 1 is 1.00 bits per heavy atom. The van der Waals surface area contributed by atoms with Gasteiger partial charge in [0.15, 0.2) is 0 Å². The lowest BCUT2D eigenvalue weighted by atomic mass is 9.94. The van der Waals surface area contributed by atoms with Gasteiger partial charge in [-0.15, -0.1) is 0 Å². The van der Waals surface area contributed by atoms with Gasteiger partial charge in [0.05, 0.1) is 0 Å². The molecule has 12 heteroatoms. The summed E-state index contributed by atoms with van der Waals surface area (Å²) in [6, 6.07) is 0.137. The minimum Gasteiger partial charge on any atom is -0.478 e. The zero-order valence-corrected chi connectivity index (χ0v) is 12.2. The van der Waals surface area contributed by atoms with E-state index in [9.17, 15) is 36.3 Å². The number of benzene rings is 1. The summed E-state index contributed by atoms with van der Waals surface area (Å²) in [7, 11) is 0. The molecule has 0 aliphatic heterocycles. The summed E-state index contributed by atoms with van der Waals surface area (Å²) in [5.41, 5.74) is -2.60. The highest BCUT2D eigenvalue weighted by Gasteiger charge is 2.38. The number of H-pyrrole nitrogens is 1. The molecule has 0 saturated carbocycles. The Labute approximate surface area is 139 Å². The summed E-state index contributed by atoms with van der Waals surface area (Å²) in [6.07, 6.45) is -5.40. The summed E-state index contributed by atoms with van der Waals surface area (Å²) in [4.78, 5) is 36.1. The van der Waals surface area contributed by atoms with Crippen LogP contribution < -0.4 is 11.3 Å². The van der Waals surface area contributed by atoms with Gasteiger partial charge >= 0.3 is 18.1 Å². The largest absolute Gasteiger partial charge is 0.478 e. The Hall–Kier alpha value is -3.44. The van der Waals surface area contributed by atoms with Crippen LogP contribution in [0.1, 0.15) is 26.3 Å². The fourth-order valence-electron chi connectivity index (χ4n) is 2.32. The van der Waals surface area contributed by atoms with Crippen LogP contribution in [0.5, 0.6) is 0 Å². The number of carbonyl (C=O) groups is 2. The summed E-state index contributed by atoms with van der Waals surface area (Å²) in [5, 5.41) is 18.3. The van der Waals surface area contributed by atoms with Crippen LogP contribution in [-0.2, 0) is 6.18 Å². The SMILES string of the molecule is Nc1[nH]c(=O)c(C(=O)O)c(-c2cc(F)c(C(F)(F)F)c(F)c2)c1C(=O)O. The van der Waals surface area contributed by atoms with Gasteiger partial charge < -0.3 is 20.9 Å². The van der Waals surface area contributed by atoms with Crippen molar-refractivity contribution in [3.05, 3.63) is 50.8 Å². The van der Waals surface area contributed by atoms with Gasteiger partial charge in [-0.1, -0.05) is 0 Å². The molecule has 26 heavy (non-hydrogen) atoms. The third-order valence-corrected chi connectivity index (χ3v) is 3.29. The van der Waals surface area contributed by atoms with Gasteiger partial charge in [0.2, 0.25) is 0 Å². The Kier molecular flexibility index (Phi) is 4.45. The first-order valence-corrected chi connectivity index (χ1v) is 6.45. The van der Waals surface area contributed by atoms with E-state index in [1.165, 1.54) is 0 Å². The molecule has 7 nitrogen and oxygen atoms in total. The highest BCUT2D eigenvalue weighted by molar-refractivity contribution is 6.07. The summed E-state index contributed by atoms with van der Waals surface area (Å²) >= 11 is 0. The first kappa shape index (κ1) is 18.9. The lowest BCUT2D eigenvalue weighted by Crippen LogP contribution is -2.24. The van der Waals surface area contributed by atoms with Crippen molar-refractivity contribution >= 4 is 17.8 Å². The number of nitrogens with one attached hydrogen (secondary N) is 1. The maximum atomic E-state index is 13.8. The number of aromatic nitrogens is 1. The third-order valence-electron chi connectivity index (χ3n) is 3.29. The maximum absolute atomic E-state index is 13.8. The second-order valence-electron chi connectivity index (χ2n) is 4.92. The normalized spacial score (nSPS) is 11.4. The second kappa shape index (κ2) is 6.13. The number of nitrogens with two attached hydrogens (primary N) is 1. The molecule has 0 saturated heterocycles. The number of hydrogen-bond acceptors (Lipinski definition) is 4. The molecule has 0 atom stereocenters. The quantitative estimate of drug-likeness (QED) is 0.606. The minimum atomic E-state index is -5.40. The molecule has 138 valence electrons. The van der Waals surface area contributed by atoms with Crippen LogP contribution in [0.3, 0.4) is 0 Å². The summed E-state index contributed by atoms with van der Waals surface area (Å²) in [5.74, 6) is -8.96. The molecular formula is C14H7F5N2O5. The average Bonchev–Trinajstić information content (AvgIpc) is 2.42. The molecule has 1 aromatic carbocycles. The van der Waals surface area contributed by atoms with Gasteiger partial charge in [0.25, 0.3) is 5.56 Å². The van der Waals surface area contributed by atoms with Crippen LogP contribution >= 0.6 is 0 Å². The Balaban J connectivity index is 2.99. The van der Waals surface area contributed by atoms with Crippen molar-refractivity contribution in [3.63, 3.8) is 0 Å². The molecular weight excluding hydrogens is 371 g/mol. The highest BCUT2D eigenvalue weighted by atomic mass is 19.4. The number of hydrogen-bond donors (Lipinski definition) is 4. The fourth-order valence-corrected chi connectivity index (χ4v) is 2.32. The van der Waals surface area contributed by atoms with E-state index in [2.05, 4.69) is 0 Å². The van der Waals surface area contributed by atoms with Crippen molar-refractivity contribution in [2.24, 2.45) is 0 Å². The smallest absolute Gasteiger partial charge is 0.422 e. The van der Waals surface area contributed by atoms with Gasteiger partial charge in [-0.2, -0.15) is 13.2 Å². The first-order chi connectivity index (χ1) is 11.9. The fraction of sp³-hybridized carbons (Fsp3) is 0.0714. The number of aromatic carboxylic acids is 2. The van der Waals surface area contributed by atoms with Gasteiger partial charge in [-0.25, -0.2) is 18.4 Å². The van der Waals surface area contributed by atoms with Crippen molar-refractivity contribution in [3.8, 4) is 11.1 Å². The zero-order valence-electron chi connectivity index (χ0n) is 12.2. The Morgan fingerprint density at radius 3 is 1.85 bits per heavy atom. The molecule has 0 spiro atoms. The van der Waals surface area contributed by atoms with Crippen LogP contribution in [0.4, 0.5) is 27.8 Å². The van der Waals surface area contributed by atoms with E-state index >= 15 is 0 Å². The van der Waals surface area contributed by atoms with E-state index in [0.29, 0.717) is 0 Å². The van der Waals surface area contributed by atoms with Crippen molar-refractivity contribution < 1.29 is 41.8 Å². The first-order valence-electron chi connectivity index (χ1n) is 6.45. The molecule has 0 amide bonds. The molecule has 0 unspecified atom stereocenters. The number of anilines is 1. The van der Waals surface area contributed by atoms with E-state index in [-0.39, 0.29) is 12.1 Å². The lowest BCUT2D eigenvalue weighted by molar-refractivity contribution is -0.142. The number of halogens is 5. The number of alkyl halides is 3. The zero-order chi connectivity index (χ0) is 20.0. The maximum Gasteiger partial charge on any atom is 0.422 e. The van der Waals surface area contributed by atoms with E-state index in [0.717, 1.165) is 0 Å². The summed E-state index contributed by atoms with van der Waals surface area (Å²) in [6.45, 7) is 0. The predicted octanol–water partition coefficient (Wildman–Crippen LogP) is 2.32. The highest BCUT2D eigenvalue weighted by Crippen LogP contribution is 2.37. The second-order valence-corrected chi connectivity index (χ2v) is 4.92. The van der Waals surface area contributed by atoms with Gasteiger partial charge in [0.1, 0.15) is 34.1 Å². The van der Waals surface area contributed by atoms with Crippen molar-refractivity contribution in [2.45, 2.75) is 6.18 Å². The molecule has 5 N–H and O–H groups in total. The molecule has 2 rings (SSSR count). The Bertz CT molecular complexity index is 973. The van der Waals surface area contributed by atoms with Crippen molar-refractivity contribution in [2.75, 3.05) is 5.73 Å². The topological polar surface area (TPSA) is 133 Å². The van der Waals surface area contributed by atoms with Crippen molar-refractivity contribution in [1.82, 2.24) is 4.98 Å². The number of aromatic amines is 1. The molecule has 1 heterocycles. The molecule has 0 aliphatic carbocycles. The molecule has 0 bridgehead atoms.